The Hall–Kier alpha value is -2.96. The molecule has 0 fully saturated rings. The average molecular weight is 384 g/mol. The highest BCUT2D eigenvalue weighted by atomic mass is 32.2. The molecule has 1 aromatic heterocycles. The van der Waals surface area contributed by atoms with E-state index in [9.17, 15) is 14.9 Å². The molecule has 0 bridgehead atoms. The molecular weight excluding hydrogens is 372 g/mol. The maximum atomic E-state index is 11.7. The van der Waals surface area contributed by atoms with Crippen LogP contribution in [0.2, 0.25) is 0 Å². The molecule has 130 valence electrons. The molecule has 2 aromatic carbocycles. The Kier molecular flexibility index (Phi) is 5.16. The lowest BCUT2D eigenvalue weighted by Gasteiger charge is -2.18. The van der Waals surface area contributed by atoms with E-state index in [1.807, 2.05) is 30.5 Å². The molecule has 0 aliphatic heterocycles. The average Bonchev–Trinajstić information content (AvgIpc) is 3.09. The van der Waals surface area contributed by atoms with E-state index in [0.29, 0.717) is 6.41 Å². The molecule has 9 heteroatoms. The van der Waals surface area contributed by atoms with Gasteiger partial charge in [-0.05, 0) is 30.0 Å². The topological polar surface area (TPSA) is 100 Å². The summed E-state index contributed by atoms with van der Waals surface area (Å²) in [5.41, 5.74) is 1.60. The molecule has 0 unspecified atom stereocenters. The van der Waals surface area contributed by atoms with Crippen LogP contribution in [0.25, 0.3) is 10.2 Å². The quantitative estimate of drug-likeness (QED) is 0.276. The monoisotopic (exact) mass is 384 g/mol. The zero-order chi connectivity index (χ0) is 18.7. The summed E-state index contributed by atoms with van der Waals surface area (Å²) >= 11 is 3.09. The molecule has 0 radical (unpaired) electrons. The second-order valence-corrected chi connectivity index (χ2v) is 7.34. The third kappa shape index (κ3) is 3.37. The first-order chi connectivity index (χ1) is 12.6. The van der Waals surface area contributed by atoms with E-state index >= 15 is 0 Å². The van der Waals surface area contributed by atoms with Gasteiger partial charge < -0.3 is 4.90 Å². The third-order valence-electron chi connectivity index (χ3n) is 3.74. The minimum Gasteiger partial charge on any atom is -0.304 e. The number of nitro groups is 1. The van der Waals surface area contributed by atoms with E-state index in [4.69, 9.17) is 5.26 Å². The Morgan fingerprint density at radius 2 is 2.23 bits per heavy atom. The Morgan fingerprint density at radius 3 is 2.88 bits per heavy atom. The summed E-state index contributed by atoms with van der Waals surface area (Å²) in [5, 5.41) is 20.3. The van der Waals surface area contributed by atoms with Crippen molar-refractivity contribution < 1.29 is 9.72 Å². The maximum Gasteiger partial charge on any atom is 0.294 e. The van der Waals surface area contributed by atoms with Crippen LogP contribution in [-0.4, -0.2) is 22.6 Å². The number of amides is 1. The Bertz CT molecular complexity index is 1040. The predicted molar refractivity (Wildman–Crippen MR) is 101 cm³/mol. The minimum absolute atomic E-state index is 0.140. The van der Waals surface area contributed by atoms with Crippen molar-refractivity contribution >= 4 is 51.1 Å². The second-order valence-electron chi connectivity index (χ2n) is 5.25. The fraction of sp³-hybridized carbons (Fsp3) is 0.118. The van der Waals surface area contributed by atoms with E-state index in [-0.39, 0.29) is 23.5 Å². The summed E-state index contributed by atoms with van der Waals surface area (Å²) in [6.45, 7) is 0.144. The number of hydrogen-bond acceptors (Lipinski definition) is 7. The van der Waals surface area contributed by atoms with E-state index in [0.717, 1.165) is 20.1 Å². The van der Waals surface area contributed by atoms with Crippen molar-refractivity contribution in [2.45, 2.75) is 10.9 Å². The highest BCUT2D eigenvalue weighted by molar-refractivity contribution is 8.00. The number of carbonyl (C=O) groups excluding carboxylic acids is 1. The van der Waals surface area contributed by atoms with Crippen LogP contribution in [0.15, 0.2) is 40.7 Å². The molecule has 0 saturated carbocycles. The number of nitro benzene ring substituents is 1. The lowest BCUT2D eigenvalue weighted by Crippen LogP contribution is -2.21. The van der Waals surface area contributed by atoms with Gasteiger partial charge in [-0.25, -0.2) is 4.98 Å². The molecule has 0 atom stereocenters. The van der Waals surface area contributed by atoms with Crippen molar-refractivity contribution in [2.24, 2.45) is 0 Å². The van der Waals surface area contributed by atoms with E-state index < -0.39 is 4.92 Å². The Labute approximate surface area is 157 Å². The van der Waals surface area contributed by atoms with Gasteiger partial charge in [0.2, 0.25) is 6.41 Å². The van der Waals surface area contributed by atoms with Crippen molar-refractivity contribution in [2.75, 3.05) is 11.2 Å². The number of carbonyl (C=O) groups is 1. The van der Waals surface area contributed by atoms with E-state index in [1.54, 1.807) is 11.3 Å². The number of nitrogens with zero attached hydrogens (tertiary/aromatic N) is 4. The fourth-order valence-electron chi connectivity index (χ4n) is 2.54. The number of nitriles is 1. The summed E-state index contributed by atoms with van der Waals surface area (Å²) in [7, 11) is 0. The molecule has 26 heavy (non-hydrogen) atoms. The van der Waals surface area contributed by atoms with E-state index in [1.165, 1.54) is 34.9 Å². The number of rotatable bonds is 6. The molecule has 0 aliphatic carbocycles. The van der Waals surface area contributed by atoms with Gasteiger partial charge in [-0.15, -0.1) is 11.3 Å². The highest BCUT2D eigenvalue weighted by Crippen LogP contribution is 2.33. The number of thiazole rings is 1. The lowest BCUT2D eigenvalue weighted by molar-refractivity contribution is -0.384. The van der Waals surface area contributed by atoms with Crippen molar-refractivity contribution in [3.05, 3.63) is 57.6 Å². The molecule has 1 amide bonds. The zero-order valence-corrected chi connectivity index (χ0v) is 15.2. The maximum absolute atomic E-state index is 11.7. The van der Waals surface area contributed by atoms with Gasteiger partial charge in [-0.1, -0.05) is 23.9 Å². The number of anilines is 1. The van der Waals surface area contributed by atoms with Crippen LogP contribution in [0.4, 0.5) is 11.4 Å². The second kappa shape index (κ2) is 7.51. The van der Waals surface area contributed by atoms with E-state index in [2.05, 4.69) is 4.98 Å². The van der Waals surface area contributed by atoms with Crippen LogP contribution in [-0.2, 0) is 11.3 Å². The lowest BCUT2D eigenvalue weighted by atomic mass is 10.1. The first-order valence-corrected chi connectivity index (χ1v) is 9.44. The van der Waals surface area contributed by atoms with Gasteiger partial charge in [0.15, 0.2) is 4.34 Å². The number of hydrogen-bond donors (Lipinski definition) is 0. The van der Waals surface area contributed by atoms with Crippen LogP contribution in [0, 0.1) is 21.4 Å². The normalized spacial score (nSPS) is 10.5. The van der Waals surface area contributed by atoms with Gasteiger partial charge in [0.25, 0.3) is 5.69 Å². The number of aromatic nitrogens is 1. The molecule has 0 saturated heterocycles. The zero-order valence-electron chi connectivity index (χ0n) is 13.6. The molecule has 0 N–H and O–H groups in total. The molecule has 1 heterocycles. The number of thioether (sulfide) groups is 1. The van der Waals surface area contributed by atoms with Crippen molar-refractivity contribution in [1.29, 1.82) is 5.26 Å². The summed E-state index contributed by atoms with van der Waals surface area (Å²) < 4.78 is 1.90. The minimum atomic E-state index is -0.595. The molecule has 3 rings (SSSR count). The number of fused-ring (bicyclic) bond motifs is 1. The van der Waals surface area contributed by atoms with Gasteiger partial charge in [0.05, 0.1) is 33.3 Å². The largest absolute Gasteiger partial charge is 0.304 e. The number of benzene rings is 2. The van der Waals surface area contributed by atoms with Crippen molar-refractivity contribution in [3.63, 3.8) is 0 Å². The summed E-state index contributed by atoms with van der Waals surface area (Å²) in [6.07, 6.45) is 2.49. The first-order valence-electron chi connectivity index (χ1n) is 7.40. The molecule has 0 aliphatic rings. The summed E-state index contributed by atoms with van der Waals surface area (Å²) in [4.78, 5) is 28.2. The van der Waals surface area contributed by atoms with Crippen LogP contribution < -0.4 is 4.90 Å². The van der Waals surface area contributed by atoms with Gasteiger partial charge >= 0.3 is 0 Å². The first kappa shape index (κ1) is 17.8. The molecule has 3 aromatic rings. The molecule has 7 nitrogen and oxygen atoms in total. The van der Waals surface area contributed by atoms with Gasteiger partial charge in [0.1, 0.15) is 5.69 Å². The predicted octanol–water partition coefficient (Wildman–Crippen LogP) is 3.96. The third-order valence-corrected chi connectivity index (χ3v) is 5.74. The highest BCUT2D eigenvalue weighted by Gasteiger charge is 2.21. The van der Waals surface area contributed by atoms with Crippen molar-refractivity contribution in [1.82, 2.24) is 4.98 Å². The van der Waals surface area contributed by atoms with Crippen LogP contribution >= 0.6 is 23.1 Å². The number of para-hydroxylation sites is 1. The van der Waals surface area contributed by atoms with Gasteiger partial charge in [-0.2, -0.15) is 5.26 Å². The van der Waals surface area contributed by atoms with Crippen LogP contribution in [0.3, 0.4) is 0 Å². The molecular formula is C17H12N4O3S2. The standard InChI is InChI=1S/C17H12N4O3S2/c1-25-17-19-16-12(3-2-4-15(16)26-17)9-20(10-22)13-6-5-11(8-18)7-14(13)21(23)24/h2-7,10H,9H2,1H3. The smallest absolute Gasteiger partial charge is 0.294 e. The SMILES string of the molecule is CSc1nc2c(CN(C=O)c3ccc(C#N)cc3[N+](=O)[O-])cccc2s1. The van der Waals surface area contributed by atoms with Crippen LogP contribution in [0.5, 0.6) is 0 Å². The summed E-state index contributed by atoms with van der Waals surface area (Å²) in [5.74, 6) is 0. The Morgan fingerprint density at radius 1 is 1.42 bits per heavy atom. The Balaban J connectivity index is 2.04. The van der Waals surface area contributed by atoms with Crippen LogP contribution in [0.1, 0.15) is 11.1 Å². The fourth-order valence-corrected chi connectivity index (χ4v) is 4.08. The van der Waals surface area contributed by atoms with Crippen molar-refractivity contribution in [3.8, 4) is 6.07 Å². The van der Waals surface area contributed by atoms with Gasteiger partial charge in [-0.3, -0.25) is 14.9 Å². The molecule has 0 spiro atoms. The van der Waals surface area contributed by atoms with Gasteiger partial charge in [0, 0.05) is 6.07 Å². The summed E-state index contributed by atoms with van der Waals surface area (Å²) in [6, 6.07) is 11.6.